The van der Waals surface area contributed by atoms with Crippen LogP contribution in [0.4, 0.5) is 19.3 Å². The molecule has 1 unspecified atom stereocenters. The van der Waals surface area contributed by atoms with Gasteiger partial charge in [0.15, 0.2) is 11.6 Å². The molecular formula is C22H22F2N2O3. The third-order valence-electron chi connectivity index (χ3n) is 4.48. The first-order valence-electron chi connectivity index (χ1n) is 8.87. The molecule has 0 aliphatic rings. The fourth-order valence-corrected chi connectivity index (χ4v) is 2.45. The smallest absolute Gasteiger partial charge is 0.319 e. The predicted molar refractivity (Wildman–Crippen MR) is 106 cm³/mol. The SMILES string of the molecule is COC(=O)C(C)C(C)(C)NC(=O)Nc1c(F)cc(C#Cc2ccccc2)cc1F. The second kappa shape index (κ2) is 9.20. The highest BCUT2D eigenvalue weighted by atomic mass is 19.1. The number of rotatable bonds is 4. The molecule has 1 atom stereocenters. The van der Waals surface area contributed by atoms with Crippen LogP contribution in [0.1, 0.15) is 31.9 Å². The predicted octanol–water partition coefficient (Wildman–Crippen LogP) is 4.07. The average molecular weight is 400 g/mol. The lowest BCUT2D eigenvalue weighted by Gasteiger charge is -2.31. The van der Waals surface area contributed by atoms with E-state index in [0.717, 1.165) is 12.1 Å². The maximum atomic E-state index is 14.3. The topological polar surface area (TPSA) is 67.4 Å². The summed E-state index contributed by atoms with van der Waals surface area (Å²) in [5.41, 5.74) is -0.772. The number of benzene rings is 2. The van der Waals surface area contributed by atoms with Crippen LogP contribution in [0.2, 0.25) is 0 Å². The van der Waals surface area contributed by atoms with E-state index in [1.54, 1.807) is 45.0 Å². The van der Waals surface area contributed by atoms with E-state index in [1.165, 1.54) is 7.11 Å². The summed E-state index contributed by atoms with van der Waals surface area (Å²) in [6.07, 6.45) is 0. The van der Waals surface area contributed by atoms with Gasteiger partial charge in [-0.25, -0.2) is 13.6 Å². The van der Waals surface area contributed by atoms with Gasteiger partial charge in [0.25, 0.3) is 0 Å². The van der Waals surface area contributed by atoms with Crippen LogP contribution in [0.5, 0.6) is 0 Å². The molecule has 29 heavy (non-hydrogen) atoms. The third kappa shape index (κ3) is 5.79. The number of methoxy groups -OCH3 is 1. The second-order valence-corrected chi connectivity index (χ2v) is 6.98. The summed E-state index contributed by atoms with van der Waals surface area (Å²) >= 11 is 0. The van der Waals surface area contributed by atoms with E-state index < -0.39 is 40.8 Å². The average Bonchev–Trinajstić information content (AvgIpc) is 2.68. The number of urea groups is 1. The van der Waals surface area contributed by atoms with Gasteiger partial charge in [0.2, 0.25) is 0 Å². The van der Waals surface area contributed by atoms with Crippen molar-refractivity contribution in [3.05, 3.63) is 65.2 Å². The molecule has 0 fully saturated rings. The van der Waals surface area contributed by atoms with E-state index in [9.17, 15) is 18.4 Å². The van der Waals surface area contributed by atoms with Gasteiger partial charge in [-0.2, -0.15) is 0 Å². The van der Waals surface area contributed by atoms with Crippen LogP contribution in [0.15, 0.2) is 42.5 Å². The van der Waals surface area contributed by atoms with Crippen LogP contribution in [0.25, 0.3) is 0 Å². The van der Waals surface area contributed by atoms with Crippen molar-refractivity contribution >= 4 is 17.7 Å². The molecule has 0 aliphatic carbocycles. The molecule has 0 saturated heterocycles. The number of carbonyl (C=O) groups is 2. The zero-order chi connectivity index (χ0) is 21.6. The number of amides is 2. The largest absolute Gasteiger partial charge is 0.469 e. The van der Waals surface area contributed by atoms with Crippen LogP contribution < -0.4 is 10.6 Å². The van der Waals surface area contributed by atoms with Crippen LogP contribution in [-0.2, 0) is 9.53 Å². The van der Waals surface area contributed by atoms with Gasteiger partial charge in [0.1, 0.15) is 5.69 Å². The van der Waals surface area contributed by atoms with Gasteiger partial charge in [-0.1, -0.05) is 30.0 Å². The standard InChI is InChI=1S/C22H22F2N2O3/c1-14(20(27)29-4)22(2,3)26-21(28)25-19-17(23)12-16(13-18(19)24)11-10-15-8-6-5-7-9-15/h5-9,12-14H,1-4H3,(H2,25,26,28). The summed E-state index contributed by atoms with van der Waals surface area (Å²) in [6, 6.07) is 10.2. The Labute approximate surface area is 168 Å². The van der Waals surface area contributed by atoms with Gasteiger partial charge in [0, 0.05) is 16.7 Å². The highest BCUT2D eigenvalue weighted by molar-refractivity contribution is 5.90. The molecule has 0 aromatic heterocycles. The number of hydrogen-bond acceptors (Lipinski definition) is 3. The molecule has 2 aromatic carbocycles. The summed E-state index contributed by atoms with van der Waals surface area (Å²) in [5, 5.41) is 4.67. The summed E-state index contributed by atoms with van der Waals surface area (Å²) in [5.74, 6) is 2.37. The van der Waals surface area contributed by atoms with Gasteiger partial charge in [-0.3, -0.25) is 4.79 Å². The van der Waals surface area contributed by atoms with Crippen molar-refractivity contribution in [2.45, 2.75) is 26.3 Å². The van der Waals surface area contributed by atoms with Crippen LogP contribution >= 0.6 is 0 Å². The van der Waals surface area contributed by atoms with Crippen molar-refractivity contribution < 1.29 is 23.1 Å². The van der Waals surface area contributed by atoms with E-state index in [4.69, 9.17) is 0 Å². The van der Waals surface area contributed by atoms with Crippen molar-refractivity contribution in [1.82, 2.24) is 5.32 Å². The zero-order valence-electron chi connectivity index (χ0n) is 16.6. The minimum atomic E-state index is -1.01. The molecule has 0 aliphatic heterocycles. The Morgan fingerprint density at radius 2 is 1.59 bits per heavy atom. The molecular weight excluding hydrogens is 378 g/mol. The third-order valence-corrected chi connectivity index (χ3v) is 4.48. The van der Waals surface area contributed by atoms with Crippen molar-refractivity contribution in [3.63, 3.8) is 0 Å². The molecule has 0 saturated carbocycles. The maximum Gasteiger partial charge on any atom is 0.319 e. The zero-order valence-corrected chi connectivity index (χ0v) is 16.6. The van der Waals surface area contributed by atoms with E-state index in [0.29, 0.717) is 5.56 Å². The first-order valence-corrected chi connectivity index (χ1v) is 8.87. The second-order valence-electron chi connectivity index (χ2n) is 6.98. The van der Waals surface area contributed by atoms with Crippen LogP contribution in [-0.4, -0.2) is 24.6 Å². The number of halogens is 2. The Morgan fingerprint density at radius 1 is 1.03 bits per heavy atom. The first-order chi connectivity index (χ1) is 13.6. The highest BCUT2D eigenvalue weighted by Crippen LogP contribution is 2.22. The lowest BCUT2D eigenvalue weighted by Crippen LogP contribution is -2.52. The lowest BCUT2D eigenvalue weighted by molar-refractivity contribution is -0.147. The Bertz CT molecular complexity index is 940. The minimum absolute atomic E-state index is 0.134. The number of ether oxygens (including phenoxy) is 1. The van der Waals surface area contributed by atoms with Crippen molar-refractivity contribution in [2.24, 2.45) is 5.92 Å². The molecule has 0 bridgehead atoms. The fourth-order valence-electron chi connectivity index (χ4n) is 2.45. The number of carbonyl (C=O) groups excluding carboxylic acids is 2. The summed E-state index contributed by atoms with van der Waals surface area (Å²) < 4.78 is 33.4. The fraction of sp³-hybridized carbons (Fsp3) is 0.273. The molecule has 2 aromatic rings. The highest BCUT2D eigenvalue weighted by Gasteiger charge is 2.34. The van der Waals surface area contributed by atoms with Crippen LogP contribution in [0, 0.1) is 29.4 Å². The lowest BCUT2D eigenvalue weighted by atomic mass is 9.89. The summed E-state index contributed by atoms with van der Waals surface area (Å²) in [7, 11) is 1.24. The number of anilines is 1. The van der Waals surface area contributed by atoms with Crippen LogP contribution in [0.3, 0.4) is 0 Å². The van der Waals surface area contributed by atoms with Gasteiger partial charge >= 0.3 is 12.0 Å². The molecule has 0 radical (unpaired) electrons. The Kier molecular flexibility index (Phi) is 6.94. The summed E-state index contributed by atoms with van der Waals surface area (Å²) in [6.45, 7) is 4.78. The number of hydrogen-bond donors (Lipinski definition) is 2. The molecule has 152 valence electrons. The van der Waals surface area contributed by atoms with Gasteiger partial charge < -0.3 is 15.4 Å². The Morgan fingerprint density at radius 3 is 2.14 bits per heavy atom. The molecule has 2 rings (SSSR count). The van der Waals surface area contributed by atoms with Crippen molar-refractivity contribution in [2.75, 3.05) is 12.4 Å². The van der Waals surface area contributed by atoms with E-state index in [2.05, 4.69) is 27.2 Å². The monoisotopic (exact) mass is 400 g/mol. The molecule has 2 N–H and O–H groups in total. The molecule has 5 nitrogen and oxygen atoms in total. The molecule has 7 heteroatoms. The van der Waals surface area contributed by atoms with E-state index in [1.807, 2.05) is 6.07 Å². The minimum Gasteiger partial charge on any atom is -0.469 e. The quantitative estimate of drug-likeness (QED) is 0.601. The van der Waals surface area contributed by atoms with Gasteiger partial charge in [-0.05, 0) is 45.0 Å². The van der Waals surface area contributed by atoms with E-state index in [-0.39, 0.29) is 5.56 Å². The van der Waals surface area contributed by atoms with Gasteiger partial charge in [0.05, 0.1) is 13.0 Å². The summed E-state index contributed by atoms with van der Waals surface area (Å²) in [4.78, 5) is 23.9. The van der Waals surface area contributed by atoms with Crippen molar-refractivity contribution in [3.8, 4) is 11.8 Å². The first kappa shape index (κ1) is 21.9. The van der Waals surface area contributed by atoms with E-state index >= 15 is 0 Å². The van der Waals surface area contributed by atoms with Crippen molar-refractivity contribution in [1.29, 1.82) is 0 Å². The Balaban J connectivity index is 2.14. The number of esters is 1. The molecule has 2 amide bonds. The normalized spacial score (nSPS) is 11.7. The maximum absolute atomic E-state index is 14.3. The Hall–Kier alpha value is -3.40. The molecule has 0 heterocycles. The van der Waals surface area contributed by atoms with Gasteiger partial charge in [-0.15, -0.1) is 0 Å². The number of nitrogens with one attached hydrogen (secondary N) is 2. The molecule has 0 spiro atoms.